The van der Waals surface area contributed by atoms with Gasteiger partial charge in [-0.05, 0) is 71.5 Å². The number of nitrogens with one attached hydrogen (secondary N) is 1. The van der Waals surface area contributed by atoms with Crippen molar-refractivity contribution < 1.29 is 13.2 Å². The number of halogens is 1. The molecule has 0 aliphatic carbocycles. The number of aromatic nitrogens is 1. The summed E-state index contributed by atoms with van der Waals surface area (Å²) in [6.45, 7) is 0.294. The van der Waals surface area contributed by atoms with E-state index < -0.39 is 9.84 Å². The summed E-state index contributed by atoms with van der Waals surface area (Å²) in [5, 5.41) is 2.81. The third-order valence-electron chi connectivity index (χ3n) is 4.05. The van der Waals surface area contributed by atoms with E-state index in [4.69, 9.17) is 0 Å². The van der Waals surface area contributed by atoms with Crippen LogP contribution in [0.25, 0.3) is 5.69 Å². The quantitative estimate of drug-likeness (QED) is 0.403. The molecule has 1 heterocycles. The van der Waals surface area contributed by atoms with Gasteiger partial charge in [0.05, 0.1) is 10.6 Å². The second kappa shape index (κ2) is 8.71. The summed E-state index contributed by atoms with van der Waals surface area (Å²) in [6, 6.07) is 19.8. The smallest absolute Gasteiger partial charge is 0.268 e. The van der Waals surface area contributed by atoms with Gasteiger partial charge in [-0.25, -0.2) is 8.42 Å². The Morgan fingerprint density at radius 2 is 1.78 bits per heavy atom. The Bertz CT molecular complexity index is 1030. The van der Waals surface area contributed by atoms with E-state index in [9.17, 15) is 13.2 Å². The number of sulfone groups is 1. The first-order valence-corrected chi connectivity index (χ1v) is 11.2. The molecular weight excluding hydrogens is 475 g/mol. The number of amides is 1. The van der Waals surface area contributed by atoms with Crippen LogP contribution in [0.2, 0.25) is 0 Å². The van der Waals surface area contributed by atoms with Crippen molar-refractivity contribution in [2.75, 3.05) is 12.3 Å². The normalized spacial score (nSPS) is 11.3. The predicted octanol–water partition coefficient (Wildman–Crippen LogP) is 3.68. The average Bonchev–Trinajstić information content (AvgIpc) is 3.16. The van der Waals surface area contributed by atoms with E-state index in [-0.39, 0.29) is 11.7 Å². The molecule has 2 aromatic carbocycles. The highest BCUT2D eigenvalue weighted by Gasteiger charge is 2.15. The van der Waals surface area contributed by atoms with Crippen LogP contribution in [-0.2, 0) is 9.84 Å². The van der Waals surface area contributed by atoms with Gasteiger partial charge in [0.1, 0.15) is 5.69 Å². The SMILES string of the molecule is O=C(NCCCS(=O)(=O)c1ccccc1)c1cccn1-c1cccc(I)c1. The topological polar surface area (TPSA) is 68.2 Å². The maximum Gasteiger partial charge on any atom is 0.268 e. The first kappa shape index (κ1) is 19.6. The Morgan fingerprint density at radius 1 is 1.00 bits per heavy atom. The Balaban J connectivity index is 1.59. The lowest BCUT2D eigenvalue weighted by Crippen LogP contribution is -2.27. The molecule has 3 rings (SSSR count). The number of carbonyl (C=O) groups excluding carboxylic acids is 1. The Kier molecular flexibility index (Phi) is 6.33. The van der Waals surface area contributed by atoms with E-state index in [1.165, 1.54) is 0 Å². The number of hydrogen-bond donors (Lipinski definition) is 1. The molecule has 1 aromatic heterocycles. The number of carbonyl (C=O) groups is 1. The fourth-order valence-corrected chi connectivity index (χ4v) is 4.58. The van der Waals surface area contributed by atoms with Crippen LogP contribution in [0.3, 0.4) is 0 Å². The molecule has 0 saturated heterocycles. The number of rotatable bonds is 7. The van der Waals surface area contributed by atoms with Crippen molar-refractivity contribution in [3.63, 3.8) is 0 Å². The summed E-state index contributed by atoms with van der Waals surface area (Å²) in [7, 11) is -3.33. The van der Waals surface area contributed by atoms with Gasteiger partial charge in [0.15, 0.2) is 9.84 Å². The number of benzene rings is 2. The predicted molar refractivity (Wildman–Crippen MR) is 114 cm³/mol. The minimum atomic E-state index is -3.33. The molecule has 27 heavy (non-hydrogen) atoms. The molecule has 0 spiro atoms. The molecule has 0 aliphatic rings. The molecule has 7 heteroatoms. The Hall–Kier alpha value is -2.13. The molecular formula is C20H19IN2O3S. The second-order valence-electron chi connectivity index (χ2n) is 5.98. The zero-order valence-corrected chi connectivity index (χ0v) is 17.5. The van der Waals surface area contributed by atoms with Crippen LogP contribution in [0.15, 0.2) is 77.8 Å². The lowest BCUT2D eigenvalue weighted by atomic mass is 10.3. The van der Waals surface area contributed by atoms with Crippen LogP contribution in [0.5, 0.6) is 0 Å². The third kappa shape index (κ3) is 4.98. The largest absolute Gasteiger partial charge is 0.351 e. The molecule has 1 N–H and O–H groups in total. The van der Waals surface area contributed by atoms with Crippen LogP contribution in [-0.4, -0.2) is 31.2 Å². The summed E-state index contributed by atoms with van der Waals surface area (Å²) in [5.41, 5.74) is 1.42. The Labute approximate surface area is 172 Å². The fraction of sp³-hybridized carbons (Fsp3) is 0.150. The van der Waals surface area contributed by atoms with Crippen molar-refractivity contribution in [3.8, 4) is 5.69 Å². The number of hydrogen-bond acceptors (Lipinski definition) is 3. The van der Waals surface area contributed by atoms with Crippen molar-refractivity contribution in [2.45, 2.75) is 11.3 Å². The van der Waals surface area contributed by atoms with Gasteiger partial charge in [-0.3, -0.25) is 4.79 Å². The van der Waals surface area contributed by atoms with Crippen LogP contribution in [0, 0.1) is 3.57 Å². The maximum atomic E-state index is 12.5. The highest BCUT2D eigenvalue weighted by atomic mass is 127. The van der Waals surface area contributed by atoms with E-state index in [0.717, 1.165) is 9.26 Å². The third-order valence-corrected chi connectivity index (χ3v) is 6.53. The van der Waals surface area contributed by atoms with E-state index >= 15 is 0 Å². The molecule has 0 atom stereocenters. The van der Waals surface area contributed by atoms with Crippen molar-refractivity contribution in [1.82, 2.24) is 9.88 Å². The highest BCUT2D eigenvalue weighted by molar-refractivity contribution is 14.1. The molecule has 1 amide bonds. The fourth-order valence-electron chi connectivity index (χ4n) is 2.72. The van der Waals surface area contributed by atoms with Gasteiger partial charge in [-0.1, -0.05) is 24.3 Å². The second-order valence-corrected chi connectivity index (χ2v) is 9.34. The average molecular weight is 494 g/mol. The van der Waals surface area contributed by atoms with Crippen LogP contribution < -0.4 is 5.32 Å². The zero-order chi connectivity index (χ0) is 19.3. The summed E-state index contributed by atoms with van der Waals surface area (Å²) in [6.07, 6.45) is 2.19. The standard InChI is InChI=1S/C20H19IN2O3S/c21-16-7-4-8-17(15-16)23-13-5-11-19(23)20(24)22-12-6-14-27(25,26)18-9-2-1-3-10-18/h1-5,7-11,13,15H,6,12,14H2,(H,22,24). The van der Waals surface area contributed by atoms with Crippen LogP contribution >= 0.6 is 22.6 Å². The van der Waals surface area contributed by atoms with Gasteiger partial charge >= 0.3 is 0 Å². The van der Waals surface area contributed by atoms with Crippen molar-refractivity contribution in [3.05, 3.63) is 82.2 Å². The number of nitrogens with zero attached hydrogens (tertiary/aromatic N) is 1. The zero-order valence-electron chi connectivity index (χ0n) is 14.5. The molecule has 0 bridgehead atoms. The van der Waals surface area contributed by atoms with E-state index in [1.807, 2.05) is 41.1 Å². The lowest BCUT2D eigenvalue weighted by molar-refractivity contribution is 0.0947. The maximum absolute atomic E-state index is 12.5. The molecule has 0 fully saturated rings. The van der Waals surface area contributed by atoms with E-state index in [1.54, 1.807) is 36.4 Å². The van der Waals surface area contributed by atoms with Gasteiger partial charge < -0.3 is 9.88 Å². The lowest BCUT2D eigenvalue weighted by Gasteiger charge is -2.10. The molecule has 0 saturated carbocycles. The van der Waals surface area contributed by atoms with Crippen molar-refractivity contribution in [2.24, 2.45) is 0 Å². The van der Waals surface area contributed by atoms with Crippen LogP contribution in [0.1, 0.15) is 16.9 Å². The van der Waals surface area contributed by atoms with Gasteiger partial charge in [-0.2, -0.15) is 0 Å². The summed E-state index contributed by atoms with van der Waals surface area (Å²) in [5.74, 6) is -0.231. The Morgan fingerprint density at radius 3 is 2.52 bits per heavy atom. The van der Waals surface area contributed by atoms with Crippen molar-refractivity contribution in [1.29, 1.82) is 0 Å². The van der Waals surface area contributed by atoms with Gasteiger partial charge in [0, 0.05) is 22.0 Å². The molecule has 0 radical (unpaired) electrons. The van der Waals surface area contributed by atoms with Gasteiger partial charge in [-0.15, -0.1) is 0 Å². The minimum Gasteiger partial charge on any atom is -0.351 e. The van der Waals surface area contributed by atoms with Crippen molar-refractivity contribution >= 4 is 38.3 Å². The molecule has 0 unspecified atom stereocenters. The highest BCUT2D eigenvalue weighted by Crippen LogP contribution is 2.16. The summed E-state index contributed by atoms with van der Waals surface area (Å²) < 4.78 is 27.4. The summed E-state index contributed by atoms with van der Waals surface area (Å²) >= 11 is 2.23. The van der Waals surface area contributed by atoms with Gasteiger partial charge in [0.25, 0.3) is 5.91 Å². The van der Waals surface area contributed by atoms with Crippen LogP contribution in [0.4, 0.5) is 0 Å². The molecule has 0 aliphatic heterocycles. The molecule has 5 nitrogen and oxygen atoms in total. The van der Waals surface area contributed by atoms with E-state index in [2.05, 4.69) is 27.9 Å². The monoisotopic (exact) mass is 494 g/mol. The first-order chi connectivity index (χ1) is 13.0. The first-order valence-electron chi connectivity index (χ1n) is 8.47. The van der Waals surface area contributed by atoms with E-state index in [0.29, 0.717) is 23.6 Å². The summed E-state index contributed by atoms with van der Waals surface area (Å²) in [4.78, 5) is 12.8. The minimum absolute atomic E-state index is 0.00478. The molecule has 140 valence electrons. The van der Waals surface area contributed by atoms with Gasteiger partial charge in [0.2, 0.25) is 0 Å². The molecule has 3 aromatic rings.